The molecule has 2 heterocycles. The summed E-state index contributed by atoms with van der Waals surface area (Å²) >= 11 is 3.37. The number of nitriles is 1. The van der Waals surface area contributed by atoms with Crippen LogP contribution in [0, 0.1) is 11.3 Å². The lowest BCUT2D eigenvalue weighted by atomic mass is 9.84. The largest absolute Gasteiger partial charge is 0.384 e. The number of allylic oxidation sites excluding steroid dienone is 1. The standard InChI is InChI=1S/C16H14BrN5O2/c1-21-14-12(15(23)22(2)16(21)24)11(10(7-18)13(19)20-14)8-3-5-9(17)6-4-8/h3-6,11,20H,19H2,1-2H3. The number of benzene rings is 1. The Morgan fingerprint density at radius 3 is 2.42 bits per heavy atom. The summed E-state index contributed by atoms with van der Waals surface area (Å²) in [5.41, 5.74) is 6.39. The Morgan fingerprint density at radius 1 is 1.21 bits per heavy atom. The summed E-state index contributed by atoms with van der Waals surface area (Å²) in [7, 11) is 2.97. The number of nitrogens with zero attached hydrogens (tertiary/aromatic N) is 3. The van der Waals surface area contributed by atoms with Gasteiger partial charge < -0.3 is 11.1 Å². The van der Waals surface area contributed by atoms with Crippen LogP contribution in [0.2, 0.25) is 0 Å². The topological polar surface area (TPSA) is 106 Å². The molecule has 122 valence electrons. The molecule has 3 rings (SSSR count). The minimum atomic E-state index is -0.634. The van der Waals surface area contributed by atoms with Crippen LogP contribution in [-0.2, 0) is 14.1 Å². The molecule has 0 saturated carbocycles. The molecule has 1 aliphatic rings. The number of nitrogens with one attached hydrogen (secondary N) is 1. The van der Waals surface area contributed by atoms with E-state index in [2.05, 4.69) is 27.3 Å². The van der Waals surface area contributed by atoms with Gasteiger partial charge in [0.15, 0.2) is 0 Å². The summed E-state index contributed by atoms with van der Waals surface area (Å²) in [6.45, 7) is 0. The Labute approximate surface area is 145 Å². The molecule has 24 heavy (non-hydrogen) atoms. The highest BCUT2D eigenvalue weighted by atomic mass is 79.9. The van der Waals surface area contributed by atoms with Gasteiger partial charge in [0.05, 0.1) is 23.1 Å². The van der Waals surface area contributed by atoms with E-state index >= 15 is 0 Å². The first-order valence-electron chi connectivity index (χ1n) is 7.09. The third kappa shape index (κ3) is 2.25. The molecule has 0 bridgehead atoms. The molecule has 7 nitrogen and oxygen atoms in total. The number of aromatic nitrogens is 2. The van der Waals surface area contributed by atoms with Crippen molar-refractivity contribution in [2.45, 2.75) is 5.92 Å². The quantitative estimate of drug-likeness (QED) is 0.761. The van der Waals surface area contributed by atoms with Gasteiger partial charge in [-0.15, -0.1) is 0 Å². The van der Waals surface area contributed by atoms with Gasteiger partial charge in [-0.3, -0.25) is 13.9 Å². The molecule has 1 unspecified atom stereocenters. The number of anilines is 1. The molecular weight excluding hydrogens is 374 g/mol. The van der Waals surface area contributed by atoms with Gasteiger partial charge in [0.2, 0.25) is 0 Å². The van der Waals surface area contributed by atoms with Gasteiger partial charge in [-0.2, -0.15) is 5.26 Å². The summed E-state index contributed by atoms with van der Waals surface area (Å²) in [6.07, 6.45) is 0. The van der Waals surface area contributed by atoms with Gasteiger partial charge in [0, 0.05) is 18.6 Å². The van der Waals surface area contributed by atoms with Crippen LogP contribution in [0.15, 0.2) is 49.7 Å². The molecule has 0 fully saturated rings. The highest BCUT2D eigenvalue weighted by Gasteiger charge is 2.33. The molecular formula is C16H14BrN5O2. The number of halogens is 1. The summed E-state index contributed by atoms with van der Waals surface area (Å²) in [5, 5.41) is 12.4. The molecule has 0 radical (unpaired) electrons. The monoisotopic (exact) mass is 387 g/mol. The fourth-order valence-corrected chi connectivity index (χ4v) is 3.15. The van der Waals surface area contributed by atoms with Gasteiger partial charge in [0.1, 0.15) is 11.6 Å². The molecule has 1 aromatic heterocycles. The predicted molar refractivity (Wildman–Crippen MR) is 93.4 cm³/mol. The Hall–Kier alpha value is -2.79. The second kappa shape index (κ2) is 5.69. The average Bonchev–Trinajstić information content (AvgIpc) is 2.57. The van der Waals surface area contributed by atoms with Gasteiger partial charge in [-0.05, 0) is 17.7 Å². The highest BCUT2D eigenvalue weighted by molar-refractivity contribution is 9.10. The lowest BCUT2D eigenvalue weighted by Crippen LogP contribution is -2.43. The maximum atomic E-state index is 12.7. The fourth-order valence-electron chi connectivity index (χ4n) is 2.89. The second-order valence-electron chi connectivity index (χ2n) is 5.52. The number of nitrogens with two attached hydrogens (primary N) is 1. The summed E-state index contributed by atoms with van der Waals surface area (Å²) < 4.78 is 3.23. The van der Waals surface area contributed by atoms with E-state index in [1.807, 2.05) is 24.3 Å². The number of fused-ring (bicyclic) bond motifs is 1. The maximum absolute atomic E-state index is 12.7. The molecule has 1 atom stereocenters. The minimum absolute atomic E-state index is 0.140. The smallest absolute Gasteiger partial charge is 0.332 e. The van der Waals surface area contributed by atoms with Crippen LogP contribution in [0.25, 0.3) is 0 Å². The zero-order chi connectivity index (χ0) is 17.6. The average molecular weight is 388 g/mol. The summed E-state index contributed by atoms with van der Waals surface area (Å²) in [5.74, 6) is -0.182. The van der Waals surface area contributed by atoms with Crippen molar-refractivity contribution in [3.05, 3.63) is 72.1 Å². The van der Waals surface area contributed by atoms with Gasteiger partial charge >= 0.3 is 5.69 Å². The summed E-state index contributed by atoms with van der Waals surface area (Å²) in [6, 6.07) is 9.38. The molecule has 8 heteroatoms. The van der Waals surface area contributed by atoms with E-state index in [0.29, 0.717) is 11.4 Å². The van der Waals surface area contributed by atoms with E-state index in [4.69, 9.17) is 5.73 Å². The van der Waals surface area contributed by atoms with Crippen molar-refractivity contribution in [1.82, 2.24) is 9.13 Å². The van der Waals surface area contributed by atoms with Crippen molar-refractivity contribution in [1.29, 1.82) is 5.26 Å². The maximum Gasteiger partial charge on any atom is 0.332 e. The number of hydrogen-bond acceptors (Lipinski definition) is 5. The zero-order valence-corrected chi connectivity index (χ0v) is 14.6. The van der Waals surface area contributed by atoms with Crippen LogP contribution in [0.4, 0.5) is 5.82 Å². The van der Waals surface area contributed by atoms with E-state index in [0.717, 1.165) is 14.6 Å². The van der Waals surface area contributed by atoms with E-state index in [-0.39, 0.29) is 11.4 Å². The van der Waals surface area contributed by atoms with Crippen molar-refractivity contribution >= 4 is 21.7 Å². The van der Waals surface area contributed by atoms with Crippen molar-refractivity contribution in [2.24, 2.45) is 19.8 Å². The predicted octanol–water partition coefficient (Wildman–Crippen LogP) is 1.10. The lowest BCUT2D eigenvalue weighted by Gasteiger charge is -2.28. The van der Waals surface area contributed by atoms with Crippen molar-refractivity contribution < 1.29 is 0 Å². The van der Waals surface area contributed by atoms with Crippen LogP contribution < -0.4 is 22.3 Å². The highest BCUT2D eigenvalue weighted by Crippen LogP contribution is 2.38. The first-order valence-corrected chi connectivity index (χ1v) is 7.88. The van der Waals surface area contributed by atoms with E-state index in [1.165, 1.54) is 11.6 Å². The SMILES string of the molecule is Cn1c2c(c(=O)n(C)c1=O)C(c1ccc(Br)cc1)C(C#N)=C(N)N2. The third-order valence-electron chi connectivity index (χ3n) is 4.14. The summed E-state index contributed by atoms with van der Waals surface area (Å²) in [4.78, 5) is 24.9. The molecule has 2 aromatic rings. The minimum Gasteiger partial charge on any atom is -0.384 e. The van der Waals surface area contributed by atoms with Gasteiger partial charge in [-0.1, -0.05) is 28.1 Å². The van der Waals surface area contributed by atoms with Crippen molar-refractivity contribution in [3.63, 3.8) is 0 Å². The van der Waals surface area contributed by atoms with Gasteiger partial charge in [-0.25, -0.2) is 4.79 Å². The number of rotatable bonds is 1. The first-order chi connectivity index (χ1) is 11.4. The Bertz CT molecular complexity index is 1020. The van der Waals surface area contributed by atoms with E-state index in [9.17, 15) is 14.9 Å². The Balaban J connectivity index is 2.41. The van der Waals surface area contributed by atoms with Crippen LogP contribution in [0.1, 0.15) is 17.0 Å². The molecule has 1 aromatic carbocycles. The molecule has 1 aliphatic heterocycles. The van der Waals surface area contributed by atoms with Crippen LogP contribution in [0.3, 0.4) is 0 Å². The molecule has 3 N–H and O–H groups in total. The van der Waals surface area contributed by atoms with Crippen LogP contribution in [-0.4, -0.2) is 9.13 Å². The third-order valence-corrected chi connectivity index (χ3v) is 4.67. The first kappa shape index (κ1) is 16.1. The van der Waals surface area contributed by atoms with Crippen LogP contribution >= 0.6 is 15.9 Å². The zero-order valence-electron chi connectivity index (χ0n) is 13.0. The molecule has 0 spiro atoms. The van der Waals surface area contributed by atoms with Crippen LogP contribution in [0.5, 0.6) is 0 Å². The number of hydrogen-bond donors (Lipinski definition) is 2. The van der Waals surface area contributed by atoms with E-state index in [1.54, 1.807) is 7.05 Å². The lowest BCUT2D eigenvalue weighted by molar-refractivity contribution is 0.664. The second-order valence-corrected chi connectivity index (χ2v) is 6.43. The van der Waals surface area contributed by atoms with Crippen molar-refractivity contribution in [2.75, 3.05) is 5.32 Å². The fraction of sp³-hybridized carbons (Fsp3) is 0.188. The Kier molecular flexibility index (Phi) is 3.81. The molecule has 0 aliphatic carbocycles. The normalized spacial score (nSPS) is 16.3. The molecule has 0 saturated heterocycles. The Morgan fingerprint density at radius 2 is 1.83 bits per heavy atom. The van der Waals surface area contributed by atoms with Crippen molar-refractivity contribution in [3.8, 4) is 6.07 Å². The van der Waals surface area contributed by atoms with E-state index < -0.39 is 17.2 Å². The van der Waals surface area contributed by atoms with Gasteiger partial charge in [0.25, 0.3) is 5.56 Å². The molecule has 0 amide bonds.